The van der Waals surface area contributed by atoms with Crippen LogP contribution >= 0.6 is 0 Å². The monoisotopic (exact) mass is 442 g/mol. The smallest absolute Gasteiger partial charge is 0.299 e. The number of hydrogen-bond acceptors (Lipinski definition) is 8. The van der Waals surface area contributed by atoms with Gasteiger partial charge in [-0.2, -0.15) is 8.42 Å². The van der Waals surface area contributed by atoms with Crippen molar-refractivity contribution in [3.05, 3.63) is 68.6 Å². The summed E-state index contributed by atoms with van der Waals surface area (Å²) in [7, 11) is -4.37. The number of nitro benzene ring substituents is 1. The summed E-state index contributed by atoms with van der Waals surface area (Å²) in [6.45, 7) is 1.53. The zero-order chi connectivity index (χ0) is 21.3. The van der Waals surface area contributed by atoms with Crippen molar-refractivity contribution in [2.75, 3.05) is 0 Å². The number of azo groups is 1. The molecule has 0 saturated carbocycles. The fourth-order valence-corrected chi connectivity index (χ4v) is 2.89. The number of benzene rings is 2. The van der Waals surface area contributed by atoms with E-state index >= 15 is 0 Å². The van der Waals surface area contributed by atoms with Crippen molar-refractivity contribution in [1.82, 2.24) is 9.78 Å². The Morgan fingerprint density at radius 2 is 1.77 bits per heavy atom. The molecule has 1 heterocycles. The van der Waals surface area contributed by atoms with E-state index in [0.29, 0.717) is 5.69 Å². The molecule has 3 rings (SSSR count). The van der Waals surface area contributed by atoms with Crippen molar-refractivity contribution in [1.29, 1.82) is 0 Å². The van der Waals surface area contributed by atoms with E-state index in [1.807, 2.05) is 0 Å². The molecular weight excluding hydrogens is 429 g/mol. The van der Waals surface area contributed by atoms with E-state index in [2.05, 4.69) is 15.3 Å². The normalized spacial score (nSPS) is 11.4. The molecule has 0 atom stereocenters. The van der Waals surface area contributed by atoms with Crippen LogP contribution in [0.2, 0.25) is 0 Å². The van der Waals surface area contributed by atoms with Gasteiger partial charge in [-0.25, -0.2) is 4.68 Å². The molecule has 1 radical (unpaired) electrons. The Balaban J connectivity index is 0.00000320. The van der Waals surface area contributed by atoms with Gasteiger partial charge in [0.1, 0.15) is 11.4 Å². The summed E-state index contributed by atoms with van der Waals surface area (Å²) < 4.78 is 32.3. The first kappa shape index (κ1) is 23.4. The summed E-state index contributed by atoms with van der Waals surface area (Å²) in [4.78, 5) is 22.4. The van der Waals surface area contributed by atoms with Gasteiger partial charge < -0.3 is 5.11 Å². The molecule has 0 bridgehead atoms. The average Bonchev–Trinajstić information content (AvgIpc) is 2.94. The first-order chi connectivity index (χ1) is 13.6. The van der Waals surface area contributed by atoms with Crippen LogP contribution in [-0.2, 0) is 10.1 Å². The summed E-state index contributed by atoms with van der Waals surface area (Å²) in [5.74, 6) is -0.353. The van der Waals surface area contributed by atoms with E-state index in [0.717, 1.165) is 35.0 Å². The number of rotatable bonds is 5. The van der Waals surface area contributed by atoms with Crippen LogP contribution in [0.3, 0.4) is 0 Å². The average molecular weight is 442 g/mol. The van der Waals surface area contributed by atoms with Crippen LogP contribution in [0.4, 0.5) is 17.1 Å². The molecule has 1 aromatic heterocycles. The zero-order valence-electron chi connectivity index (χ0n) is 15.7. The Hall–Kier alpha value is -2.84. The molecule has 12 nitrogen and oxygen atoms in total. The first-order valence-corrected chi connectivity index (χ1v) is 9.30. The third-order valence-electron chi connectivity index (χ3n) is 3.86. The van der Waals surface area contributed by atoms with Gasteiger partial charge in [-0.15, -0.1) is 10.2 Å². The van der Waals surface area contributed by atoms with Crippen molar-refractivity contribution in [3.63, 3.8) is 0 Å². The molecule has 2 aromatic carbocycles. The maximum atomic E-state index is 12.6. The van der Waals surface area contributed by atoms with Crippen LogP contribution in [0, 0.1) is 17.0 Å². The van der Waals surface area contributed by atoms with Crippen molar-refractivity contribution in [3.8, 4) is 11.4 Å². The summed E-state index contributed by atoms with van der Waals surface area (Å²) in [5, 5.41) is 30.8. The van der Waals surface area contributed by atoms with Crippen molar-refractivity contribution in [2.45, 2.75) is 11.8 Å². The molecular formula is C16H13N5NaO7S. The Kier molecular flexibility index (Phi) is 6.95. The van der Waals surface area contributed by atoms with Gasteiger partial charge in [0.2, 0.25) is 0 Å². The van der Waals surface area contributed by atoms with E-state index in [1.54, 1.807) is 0 Å². The third-order valence-corrected chi connectivity index (χ3v) is 4.73. The summed E-state index contributed by atoms with van der Waals surface area (Å²) in [5.41, 5.74) is -0.666. The number of non-ortho nitro benzene ring substituents is 1. The molecule has 0 saturated heterocycles. The number of nitro groups is 1. The maximum Gasteiger partial charge on any atom is 0.299 e. The summed E-state index contributed by atoms with van der Waals surface area (Å²) in [6.07, 6.45) is 0. The molecule has 0 aliphatic carbocycles. The second-order valence-corrected chi connectivity index (χ2v) is 7.25. The number of nitrogens with one attached hydrogen (secondary N) is 1. The number of hydrogen-bond donors (Lipinski definition) is 3. The molecule has 0 unspecified atom stereocenters. The largest absolute Gasteiger partial charge is 0.506 e. The number of aryl methyl sites for hydroxylation is 1. The predicted molar refractivity (Wildman–Crippen MR) is 106 cm³/mol. The van der Waals surface area contributed by atoms with Gasteiger partial charge in [-0.05, 0) is 37.3 Å². The molecule has 0 aliphatic rings. The molecule has 0 aliphatic heterocycles. The number of aromatic nitrogens is 2. The van der Waals surface area contributed by atoms with E-state index in [4.69, 9.17) is 4.55 Å². The van der Waals surface area contributed by atoms with Crippen LogP contribution in [0.25, 0.3) is 5.69 Å². The van der Waals surface area contributed by atoms with Crippen molar-refractivity contribution >= 4 is 56.7 Å². The molecule has 0 spiro atoms. The van der Waals surface area contributed by atoms with Crippen LogP contribution < -0.4 is 5.56 Å². The SMILES string of the molecule is Cc1[nH]n(-c2ccc(S(=O)(=O)O)cc2)c(=O)c1N=Nc1cc([N+](=O)[O-])ccc1O.[Na]. The standard InChI is InChI=1S/C16H13N5O7S.Na/c1-9-15(18-17-13-8-11(21(24)25)4-7-14(13)22)16(23)20(19-9)10-2-5-12(6-3-10)29(26,27)28;/h2-8,19,22H,1H3,(H,26,27,28);. The van der Waals surface area contributed by atoms with Crippen molar-refractivity contribution < 1.29 is 23.0 Å². The number of phenolic OH excluding ortho intramolecular Hbond substituents is 1. The Bertz CT molecular complexity index is 1300. The summed E-state index contributed by atoms with van der Waals surface area (Å²) >= 11 is 0. The van der Waals surface area contributed by atoms with Crippen LogP contribution in [-0.4, -0.2) is 62.3 Å². The molecule has 0 amide bonds. The Morgan fingerprint density at radius 3 is 2.33 bits per heavy atom. The number of H-pyrrole nitrogens is 1. The second kappa shape index (κ2) is 8.89. The number of aromatic hydroxyl groups is 1. The quantitative estimate of drug-likeness (QED) is 0.178. The number of nitrogens with zero attached hydrogens (tertiary/aromatic N) is 4. The van der Waals surface area contributed by atoms with Gasteiger partial charge in [-0.3, -0.25) is 24.6 Å². The van der Waals surface area contributed by atoms with Gasteiger partial charge >= 0.3 is 0 Å². The van der Waals surface area contributed by atoms with E-state index in [-0.39, 0.29) is 63.0 Å². The fraction of sp³-hybridized carbons (Fsp3) is 0.0625. The summed E-state index contributed by atoms with van der Waals surface area (Å²) in [6, 6.07) is 8.03. The molecule has 30 heavy (non-hydrogen) atoms. The van der Waals surface area contributed by atoms with Gasteiger partial charge in [-0.1, -0.05) is 0 Å². The topological polar surface area (TPSA) is 180 Å². The molecule has 3 aromatic rings. The van der Waals surface area contributed by atoms with Gasteiger partial charge in [0.15, 0.2) is 5.69 Å². The fourth-order valence-electron chi connectivity index (χ4n) is 2.41. The van der Waals surface area contributed by atoms with E-state index < -0.39 is 20.6 Å². The second-order valence-electron chi connectivity index (χ2n) is 5.83. The first-order valence-electron chi connectivity index (χ1n) is 7.86. The third kappa shape index (κ3) is 4.83. The van der Waals surface area contributed by atoms with Gasteiger partial charge in [0.25, 0.3) is 21.4 Å². The minimum atomic E-state index is -4.37. The van der Waals surface area contributed by atoms with Crippen molar-refractivity contribution in [2.24, 2.45) is 10.2 Å². The Morgan fingerprint density at radius 1 is 1.13 bits per heavy atom. The molecule has 14 heteroatoms. The number of aromatic amines is 1. The minimum Gasteiger partial charge on any atom is -0.506 e. The van der Waals surface area contributed by atoms with Gasteiger partial charge in [0, 0.05) is 41.7 Å². The van der Waals surface area contributed by atoms with Crippen LogP contribution in [0.1, 0.15) is 5.69 Å². The minimum absolute atomic E-state index is 0. The Labute approximate surface area is 191 Å². The molecule has 0 fully saturated rings. The number of phenols is 1. The van der Waals surface area contributed by atoms with Crippen LogP contribution in [0.15, 0.2) is 62.4 Å². The molecule has 3 N–H and O–H groups in total. The van der Waals surface area contributed by atoms with Crippen LogP contribution in [0.5, 0.6) is 5.75 Å². The van der Waals surface area contributed by atoms with E-state index in [9.17, 15) is 28.4 Å². The van der Waals surface area contributed by atoms with E-state index in [1.165, 1.54) is 19.1 Å². The van der Waals surface area contributed by atoms with Gasteiger partial charge in [0.05, 0.1) is 21.2 Å². The maximum absolute atomic E-state index is 12.6. The molecule has 151 valence electrons. The zero-order valence-corrected chi connectivity index (χ0v) is 18.5. The predicted octanol–water partition coefficient (Wildman–Crippen LogP) is 2.37.